The van der Waals surface area contributed by atoms with Gasteiger partial charge in [0.1, 0.15) is 11.6 Å². The number of hydrogen-bond donors (Lipinski definition) is 0. The highest BCUT2D eigenvalue weighted by Gasteiger charge is 2.38. The van der Waals surface area contributed by atoms with Crippen LogP contribution in [0.4, 0.5) is 0 Å². The number of hydrogen-bond acceptors (Lipinski definition) is 3. The fraction of sp³-hybridized carbons (Fsp3) is 0.692. The van der Waals surface area contributed by atoms with Crippen LogP contribution in [0.3, 0.4) is 0 Å². The summed E-state index contributed by atoms with van der Waals surface area (Å²) in [6, 6.07) is 0. The van der Waals surface area contributed by atoms with Crippen LogP contribution in [0.25, 0.3) is 0 Å². The Morgan fingerprint density at radius 3 is 2.88 bits per heavy atom. The number of ether oxygens (including phenoxy) is 1. The van der Waals surface area contributed by atoms with Gasteiger partial charge in [-0.05, 0) is 26.2 Å². The number of aromatic nitrogens is 2. The summed E-state index contributed by atoms with van der Waals surface area (Å²) in [5.41, 5.74) is -0.166. The van der Waals surface area contributed by atoms with Crippen molar-refractivity contribution in [1.29, 1.82) is 0 Å². The Kier molecular flexibility index (Phi) is 3.62. The molecule has 1 aromatic heterocycles. The maximum absolute atomic E-state index is 12.0. The lowest BCUT2D eigenvalue weighted by Gasteiger charge is -2.40. The van der Waals surface area contributed by atoms with E-state index in [2.05, 4.69) is 11.9 Å². The van der Waals surface area contributed by atoms with Gasteiger partial charge in [-0.2, -0.15) is 0 Å². The molecule has 94 valence electrons. The zero-order valence-electron chi connectivity index (χ0n) is 10.6. The number of carbonyl (C=O) groups excluding carboxylic acids is 1. The smallest absolute Gasteiger partial charge is 0.143 e. The monoisotopic (exact) mass is 236 g/mol. The molecule has 1 heterocycles. The van der Waals surface area contributed by atoms with Gasteiger partial charge in [-0.25, -0.2) is 4.98 Å². The SMILES string of the molecule is CCn1ccnc1CC(=O)CC1(OC)CCC1. The molecule has 2 rings (SSSR count). The highest BCUT2D eigenvalue weighted by molar-refractivity contribution is 5.81. The molecule has 0 radical (unpaired) electrons. The Bertz CT molecular complexity index is 388. The molecule has 17 heavy (non-hydrogen) atoms. The van der Waals surface area contributed by atoms with Gasteiger partial charge >= 0.3 is 0 Å². The first-order chi connectivity index (χ1) is 8.19. The Hall–Kier alpha value is -1.16. The van der Waals surface area contributed by atoms with Crippen LogP contribution in [0.5, 0.6) is 0 Å². The van der Waals surface area contributed by atoms with Crippen LogP contribution in [0, 0.1) is 0 Å². The molecule has 4 nitrogen and oxygen atoms in total. The van der Waals surface area contributed by atoms with Crippen molar-refractivity contribution < 1.29 is 9.53 Å². The molecule has 0 saturated heterocycles. The van der Waals surface area contributed by atoms with Crippen molar-refractivity contribution in [3.05, 3.63) is 18.2 Å². The largest absolute Gasteiger partial charge is 0.378 e. The molecule has 1 saturated carbocycles. The van der Waals surface area contributed by atoms with E-state index in [4.69, 9.17) is 4.74 Å². The number of carbonyl (C=O) groups is 1. The van der Waals surface area contributed by atoms with Gasteiger partial charge in [-0.15, -0.1) is 0 Å². The standard InChI is InChI=1S/C13H20N2O2/c1-3-15-8-7-14-12(15)9-11(16)10-13(17-2)5-4-6-13/h7-8H,3-6,9-10H2,1-2H3. The average molecular weight is 236 g/mol. The number of Topliss-reactive ketones (excluding diaryl/α,β-unsaturated/α-hetero) is 1. The van der Waals surface area contributed by atoms with Crippen LogP contribution < -0.4 is 0 Å². The minimum Gasteiger partial charge on any atom is -0.378 e. The highest BCUT2D eigenvalue weighted by atomic mass is 16.5. The van der Waals surface area contributed by atoms with E-state index in [1.54, 1.807) is 13.3 Å². The second kappa shape index (κ2) is 5.00. The van der Waals surface area contributed by atoms with Gasteiger partial charge in [-0.1, -0.05) is 0 Å². The van der Waals surface area contributed by atoms with Crippen molar-refractivity contribution in [1.82, 2.24) is 9.55 Å². The third kappa shape index (κ3) is 2.57. The molecule has 1 aliphatic carbocycles. The predicted octanol–water partition coefficient (Wildman–Crippen LogP) is 1.97. The summed E-state index contributed by atoms with van der Waals surface area (Å²) in [5, 5.41) is 0. The van der Waals surface area contributed by atoms with Crippen molar-refractivity contribution in [3.63, 3.8) is 0 Å². The number of rotatable bonds is 6. The van der Waals surface area contributed by atoms with Gasteiger partial charge < -0.3 is 9.30 Å². The molecule has 0 bridgehead atoms. The molecule has 0 unspecified atom stereocenters. The molecule has 1 aromatic rings. The van der Waals surface area contributed by atoms with Crippen molar-refractivity contribution in [2.24, 2.45) is 0 Å². The number of aryl methyl sites for hydroxylation is 1. The Labute approximate surface area is 102 Å². The summed E-state index contributed by atoms with van der Waals surface area (Å²) in [5.74, 6) is 1.09. The topological polar surface area (TPSA) is 44.1 Å². The fourth-order valence-corrected chi connectivity index (χ4v) is 2.42. The summed E-state index contributed by atoms with van der Waals surface area (Å²) in [7, 11) is 1.71. The first-order valence-electron chi connectivity index (χ1n) is 6.26. The minimum atomic E-state index is -0.166. The zero-order chi connectivity index (χ0) is 12.3. The minimum absolute atomic E-state index is 0.166. The summed E-state index contributed by atoms with van der Waals surface area (Å²) < 4.78 is 7.48. The van der Waals surface area contributed by atoms with E-state index >= 15 is 0 Å². The van der Waals surface area contributed by atoms with Crippen LogP contribution in [0.15, 0.2) is 12.4 Å². The molecular formula is C13H20N2O2. The third-order valence-electron chi connectivity index (χ3n) is 3.71. The van der Waals surface area contributed by atoms with Gasteiger partial charge in [0.25, 0.3) is 0 Å². The maximum atomic E-state index is 12.0. The molecule has 1 aliphatic rings. The van der Waals surface area contributed by atoms with E-state index in [-0.39, 0.29) is 11.4 Å². The van der Waals surface area contributed by atoms with Crippen LogP contribution in [0.1, 0.15) is 38.4 Å². The van der Waals surface area contributed by atoms with Gasteiger partial charge in [0.15, 0.2) is 0 Å². The predicted molar refractivity (Wildman–Crippen MR) is 64.8 cm³/mol. The van der Waals surface area contributed by atoms with Crippen molar-refractivity contribution in [2.75, 3.05) is 7.11 Å². The summed E-state index contributed by atoms with van der Waals surface area (Å²) >= 11 is 0. The Balaban J connectivity index is 1.93. The maximum Gasteiger partial charge on any atom is 0.143 e. The van der Waals surface area contributed by atoms with E-state index in [0.717, 1.165) is 25.2 Å². The van der Waals surface area contributed by atoms with Crippen molar-refractivity contribution in [3.8, 4) is 0 Å². The highest BCUT2D eigenvalue weighted by Crippen LogP contribution is 2.38. The van der Waals surface area contributed by atoms with E-state index in [1.165, 1.54) is 6.42 Å². The van der Waals surface area contributed by atoms with E-state index in [9.17, 15) is 4.79 Å². The van der Waals surface area contributed by atoms with Gasteiger partial charge in [0, 0.05) is 32.5 Å². The average Bonchev–Trinajstić information content (AvgIpc) is 2.70. The zero-order valence-corrected chi connectivity index (χ0v) is 10.6. The lowest BCUT2D eigenvalue weighted by Crippen LogP contribution is -2.41. The van der Waals surface area contributed by atoms with E-state index in [1.807, 2.05) is 10.8 Å². The first-order valence-corrected chi connectivity index (χ1v) is 6.26. The second-order valence-corrected chi connectivity index (χ2v) is 4.76. The quantitative estimate of drug-likeness (QED) is 0.758. The summed E-state index contributed by atoms with van der Waals surface area (Å²) in [4.78, 5) is 16.2. The summed E-state index contributed by atoms with van der Waals surface area (Å²) in [6.07, 6.45) is 7.81. The Morgan fingerprint density at radius 1 is 1.59 bits per heavy atom. The second-order valence-electron chi connectivity index (χ2n) is 4.76. The molecule has 0 amide bonds. The molecule has 0 spiro atoms. The van der Waals surface area contributed by atoms with Crippen LogP contribution in [-0.2, 0) is 22.5 Å². The molecule has 4 heteroatoms. The molecule has 0 atom stereocenters. The lowest BCUT2D eigenvalue weighted by molar-refractivity contribution is -0.131. The normalized spacial score (nSPS) is 17.8. The number of nitrogens with zero attached hydrogens (tertiary/aromatic N) is 2. The fourth-order valence-electron chi connectivity index (χ4n) is 2.42. The van der Waals surface area contributed by atoms with Crippen molar-refractivity contribution in [2.45, 2.75) is 51.2 Å². The molecular weight excluding hydrogens is 216 g/mol. The molecule has 1 fully saturated rings. The molecule has 0 N–H and O–H groups in total. The number of methoxy groups -OCH3 is 1. The van der Waals surface area contributed by atoms with Gasteiger partial charge in [0.2, 0.25) is 0 Å². The summed E-state index contributed by atoms with van der Waals surface area (Å²) in [6.45, 7) is 2.91. The van der Waals surface area contributed by atoms with E-state index < -0.39 is 0 Å². The first kappa shape index (κ1) is 12.3. The van der Waals surface area contributed by atoms with Gasteiger partial charge in [0.05, 0.1) is 12.0 Å². The van der Waals surface area contributed by atoms with Crippen LogP contribution in [0.2, 0.25) is 0 Å². The number of ketones is 1. The van der Waals surface area contributed by atoms with Crippen molar-refractivity contribution >= 4 is 5.78 Å². The Morgan fingerprint density at radius 2 is 2.35 bits per heavy atom. The van der Waals surface area contributed by atoms with Gasteiger partial charge in [-0.3, -0.25) is 4.79 Å². The van der Waals surface area contributed by atoms with Crippen LogP contribution >= 0.6 is 0 Å². The third-order valence-corrected chi connectivity index (χ3v) is 3.71. The van der Waals surface area contributed by atoms with Crippen LogP contribution in [-0.4, -0.2) is 28.0 Å². The van der Waals surface area contributed by atoms with E-state index in [0.29, 0.717) is 12.8 Å². The number of imidazole rings is 1. The lowest BCUT2D eigenvalue weighted by atomic mass is 9.76. The molecule has 0 aromatic carbocycles. The molecule has 0 aliphatic heterocycles.